The maximum Gasteiger partial charge on any atom is 0.277 e. The zero-order valence-corrected chi connectivity index (χ0v) is 16.3. The molecule has 0 bridgehead atoms. The molecule has 0 aliphatic rings. The molecule has 8 nitrogen and oxygen atoms in total. The van der Waals surface area contributed by atoms with Crippen LogP contribution in [0.3, 0.4) is 0 Å². The number of fused-ring (bicyclic) bond motifs is 3. The highest BCUT2D eigenvalue weighted by Gasteiger charge is 2.18. The molecule has 2 aromatic heterocycles. The summed E-state index contributed by atoms with van der Waals surface area (Å²) in [5, 5.41) is 7.17. The smallest absolute Gasteiger partial charge is 0.277 e. The molecule has 1 N–H and O–H groups in total. The third-order valence-electron chi connectivity index (χ3n) is 4.78. The molecule has 0 radical (unpaired) electrons. The van der Waals surface area contributed by atoms with Crippen molar-refractivity contribution in [3.63, 3.8) is 0 Å². The van der Waals surface area contributed by atoms with Crippen LogP contribution in [0.1, 0.15) is 17.4 Å². The number of aryl methyl sites for hydroxylation is 1. The molecular weight excluding hydrogens is 372 g/mol. The molecule has 148 valence electrons. The van der Waals surface area contributed by atoms with Crippen LogP contribution in [0.25, 0.3) is 16.6 Å². The number of anilines is 1. The maximum atomic E-state index is 12.9. The number of para-hydroxylation sites is 2. The van der Waals surface area contributed by atoms with E-state index in [1.807, 2.05) is 31.2 Å². The molecule has 0 saturated heterocycles. The summed E-state index contributed by atoms with van der Waals surface area (Å²) in [7, 11) is 3.06. The van der Waals surface area contributed by atoms with Crippen molar-refractivity contribution >= 4 is 28.1 Å². The van der Waals surface area contributed by atoms with E-state index in [1.165, 1.54) is 17.7 Å². The molecule has 0 fully saturated rings. The summed E-state index contributed by atoms with van der Waals surface area (Å²) >= 11 is 0. The monoisotopic (exact) mass is 392 g/mol. The number of carbonyl (C=O) groups is 1. The van der Waals surface area contributed by atoms with E-state index in [2.05, 4.69) is 10.4 Å². The van der Waals surface area contributed by atoms with Crippen LogP contribution in [0.2, 0.25) is 0 Å². The summed E-state index contributed by atoms with van der Waals surface area (Å²) in [6, 6.07) is 14.1. The Bertz CT molecular complexity index is 1290. The molecule has 0 saturated carbocycles. The van der Waals surface area contributed by atoms with Crippen LogP contribution < -0.4 is 20.3 Å². The predicted molar refractivity (Wildman–Crippen MR) is 110 cm³/mol. The molecule has 0 aliphatic carbocycles. The quantitative estimate of drug-likeness (QED) is 0.564. The summed E-state index contributed by atoms with van der Waals surface area (Å²) in [4.78, 5) is 25.7. The Morgan fingerprint density at radius 3 is 2.48 bits per heavy atom. The van der Waals surface area contributed by atoms with Crippen LogP contribution in [0.15, 0.2) is 53.3 Å². The van der Waals surface area contributed by atoms with Crippen molar-refractivity contribution in [2.45, 2.75) is 13.5 Å². The number of hydrogen-bond donors (Lipinski definition) is 1. The van der Waals surface area contributed by atoms with E-state index in [9.17, 15) is 9.59 Å². The van der Waals surface area contributed by atoms with E-state index in [1.54, 1.807) is 29.9 Å². The van der Waals surface area contributed by atoms with Crippen molar-refractivity contribution in [2.75, 3.05) is 19.5 Å². The lowest BCUT2D eigenvalue weighted by molar-refractivity contribution is 0.102. The van der Waals surface area contributed by atoms with Gasteiger partial charge in [0.15, 0.2) is 5.69 Å². The van der Waals surface area contributed by atoms with Crippen LogP contribution in [0.5, 0.6) is 11.5 Å². The Morgan fingerprint density at radius 1 is 1.03 bits per heavy atom. The Hall–Kier alpha value is -3.81. The highest BCUT2D eigenvalue weighted by Crippen LogP contribution is 2.29. The molecule has 2 heterocycles. The van der Waals surface area contributed by atoms with Gasteiger partial charge in [0.05, 0.1) is 30.9 Å². The summed E-state index contributed by atoms with van der Waals surface area (Å²) in [6.45, 7) is 2.43. The first kappa shape index (κ1) is 18.5. The Morgan fingerprint density at radius 2 is 1.79 bits per heavy atom. The average molecular weight is 392 g/mol. The van der Waals surface area contributed by atoms with Gasteiger partial charge in [0, 0.05) is 18.7 Å². The fourth-order valence-electron chi connectivity index (χ4n) is 3.35. The Kier molecular flexibility index (Phi) is 4.67. The van der Waals surface area contributed by atoms with Gasteiger partial charge in [-0.15, -0.1) is 0 Å². The molecule has 29 heavy (non-hydrogen) atoms. The SMILES string of the molecule is CCn1c(=O)c2cc(C(=O)Nc3ccc(OC)cc3OC)nn2c2ccccc21. The second kappa shape index (κ2) is 7.31. The first-order valence-corrected chi connectivity index (χ1v) is 9.12. The van der Waals surface area contributed by atoms with E-state index < -0.39 is 5.91 Å². The maximum absolute atomic E-state index is 12.9. The standard InChI is InChI=1S/C21H20N4O4/c1-4-24-16-7-5-6-8-17(16)25-18(21(24)27)12-15(23-25)20(26)22-14-10-9-13(28-2)11-19(14)29-3/h5-12H,4H2,1-3H3,(H,22,26). The van der Waals surface area contributed by atoms with Crippen molar-refractivity contribution in [3.8, 4) is 11.5 Å². The largest absolute Gasteiger partial charge is 0.497 e. The van der Waals surface area contributed by atoms with E-state index in [0.29, 0.717) is 29.2 Å². The van der Waals surface area contributed by atoms with Crippen LogP contribution in [0.4, 0.5) is 5.69 Å². The molecule has 0 unspecified atom stereocenters. The number of nitrogens with zero attached hydrogens (tertiary/aromatic N) is 3. The summed E-state index contributed by atoms with van der Waals surface area (Å²) in [5.41, 5.74) is 2.28. The number of carbonyl (C=O) groups excluding carboxylic acids is 1. The minimum absolute atomic E-state index is 0.138. The number of aromatic nitrogens is 3. The molecule has 4 aromatic rings. The summed E-state index contributed by atoms with van der Waals surface area (Å²) < 4.78 is 13.7. The van der Waals surface area contributed by atoms with Crippen LogP contribution in [0, 0.1) is 0 Å². The second-order valence-electron chi connectivity index (χ2n) is 6.39. The van der Waals surface area contributed by atoms with E-state index in [4.69, 9.17) is 9.47 Å². The van der Waals surface area contributed by atoms with Gasteiger partial charge in [-0.3, -0.25) is 9.59 Å². The molecule has 0 aliphatic heterocycles. The lowest BCUT2D eigenvalue weighted by atomic mass is 10.2. The fourth-order valence-corrected chi connectivity index (χ4v) is 3.35. The molecule has 8 heteroatoms. The third kappa shape index (κ3) is 3.08. The highest BCUT2D eigenvalue weighted by atomic mass is 16.5. The van der Waals surface area contributed by atoms with Crippen molar-refractivity contribution < 1.29 is 14.3 Å². The van der Waals surface area contributed by atoms with Crippen molar-refractivity contribution in [1.82, 2.24) is 14.2 Å². The van der Waals surface area contributed by atoms with Gasteiger partial charge in [-0.05, 0) is 31.2 Å². The van der Waals surface area contributed by atoms with Crippen molar-refractivity contribution in [1.29, 1.82) is 0 Å². The molecule has 0 spiro atoms. The Labute approximate surface area is 166 Å². The van der Waals surface area contributed by atoms with E-state index in [0.717, 1.165) is 11.0 Å². The minimum Gasteiger partial charge on any atom is -0.497 e. The highest BCUT2D eigenvalue weighted by molar-refractivity contribution is 6.04. The molecular formula is C21H20N4O4. The number of benzene rings is 2. The van der Waals surface area contributed by atoms with E-state index >= 15 is 0 Å². The summed E-state index contributed by atoms with van der Waals surface area (Å²) in [6.07, 6.45) is 0. The molecule has 4 rings (SSSR count). The van der Waals surface area contributed by atoms with Gasteiger partial charge in [-0.25, -0.2) is 4.52 Å². The average Bonchev–Trinajstić information content (AvgIpc) is 3.21. The van der Waals surface area contributed by atoms with Crippen molar-refractivity contribution in [2.24, 2.45) is 0 Å². The number of ether oxygens (including phenoxy) is 2. The van der Waals surface area contributed by atoms with E-state index in [-0.39, 0.29) is 11.3 Å². The zero-order chi connectivity index (χ0) is 20.5. The zero-order valence-electron chi connectivity index (χ0n) is 16.3. The van der Waals surface area contributed by atoms with Gasteiger partial charge in [0.1, 0.15) is 17.0 Å². The van der Waals surface area contributed by atoms with Gasteiger partial charge in [-0.2, -0.15) is 5.10 Å². The lowest BCUT2D eigenvalue weighted by Gasteiger charge is -2.10. The first-order valence-electron chi connectivity index (χ1n) is 9.12. The molecule has 0 atom stereocenters. The van der Waals surface area contributed by atoms with Crippen molar-refractivity contribution in [3.05, 3.63) is 64.6 Å². The number of hydrogen-bond acceptors (Lipinski definition) is 5. The molecule has 1 amide bonds. The van der Waals surface area contributed by atoms with Gasteiger partial charge >= 0.3 is 0 Å². The van der Waals surface area contributed by atoms with Crippen LogP contribution in [-0.2, 0) is 6.54 Å². The topological polar surface area (TPSA) is 86.9 Å². The third-order valence-corrected chi connectivity index (χ3v) is 4.78. The fraction of sp³-hybridized carbons (Fsp3) is 0.190. The van der Waals surface area contributed by atoms with Gasteiger partial charge in [0.2, 0.25) is 0 Å². The molecule has 2 aromatic carbocycles. The predicted octanol–water partition coefficient (Wildman–Crippen LogP) is 2.94. The second-order valence-corrected chi connectivity index (χ2v) is 6.39. The van der Waals surface area contributed by atoms with Gasteiger partial charge in [-0.1, -0.05) is 12.1 Å². The first-order chi connectivity index (χ1) is 14.1. The minimum atomic E-state index is -0.441. The van der Waals surface area contributed by atoms with Crippen LogP contribution in [-0.4, -0.2) is 34.3 Å². The van der Waals surface area contributed by atoms with Crippen LogP contribution >= 0.6 is 0 Å². The summed E-state index contributed by atoms with van der Waals surface area (Å²) in [5.74, 6) is 0.628. The lowest BCUT2D eigenvalue weighted by Crippen LogP contribution is -2.22. The number of amides is 1. The van der Waals surface area contributed by atoms with Gasteiger partial charge in [0.25, 0.3) is 11.5 Å². The van der Waals surface area contributed by atoms with Gasteiger partial charge < -0.3 is 19.4 Å². The number of methoxy groups -OCH3 is 2. The Balaban J connectivity index is 1.79. The number of rotatable bonds is 5. The number of nitrogens with one attached hydrogen (secondary N) is 1. The normalized spacial score (nSPS) is 11.0.